The van der Waals surface area contributed by atoms with Crippen molar-refractivity contribution in [3.8, 4) is 6.07 Å². The molecule has 0 amide bonds. The zero-order valence-electron chi connectivity index (χ0n) is 12.4. The molecule has 0 saturated carbocycles. The lowest BCUT2D eigenvalue weighted by Gasteiger charge is -2.41. The first-order valence-corrected chi connectivity index (χ1v) is 7.68. The molecule has 0 unspecified atom stereocenters. The molecule has 2 heterocycles. The molecule has 20 heavy (non-hydrogen) atoms. The van der Waals surface area contributed by atoms with Crippen LogP contribution >= 0.6 is 11.3 Å². The summed E-state index contributed by atoms with van der Waals surface area (Å²) in [4.78, 5) is 6.29. The lowest BCUT2D eigenvalue weighted by molar-refractivity contribution is 0.228. The maximum atomic E-state index is 9.12. The maximum Gasteiger partial charge on any atom is 0.130 e. The second-order valence-electron chi connectivity index (χ2n) is 7.19. The van der Waals surface area contributed by atoms with E-state index in [0.29, 0.717) is 10.6 Å². The summed E-state index contributed by atoms with van der Waals surface area (Å²) in [6, 6.07) is 4.33. The highest BCUT2D eigenvalue weighted by Gasteiger charge is 2.38. The zero-order chi connectivity index (χ0) is 14.7. The van der Waals surface area contributed by atoms with Gasteiger partial charge in [0.2, 0.25) is 0 Å². The predicted molar refractivity (Wildman–Crippen MR) is 83.9 cm³/mol. The largest absolute Gasteiger partial charge is 0.396 e. The number of rotatable bonds is 0. The van der Waals surface area contributed by atoms with Crippen LogP contribution in [0.5, 0.6) is 0 Å². The number of fused-ring (bicyclic) bond motifs is 2. The van der Waals surface area contributed by atoms with Crippen molar-refractivity contribution in [3.05, 3.63) is 22.2 Å². The molecule has 0 spiro atoms. The normalized spacial score (nSPS) is 19.6. The fourth-order valence-corrected chi connectivity index (χ4v) is 4.58. The molecule has 1 aliphatic rings. The zero-order valence-corrected chi connectivity index (χ0v) is 13.2. The summed E-state index contributed by atoms with van der Waals surface area (Å²) in [5.41, 5.74) is 9.48. The Bertz CT molecular complexity index is 747. The Hall–Kier alpha value is -1.60. The van der Waals surface area contributed by atoms with Crippen LogP contribution in [0.15, 0.2) is 6.07 Å². The molecule has 0 atom stereocenters. The van der Waals surface area contributed by atoms with Gasteiger partial charge in [-0.25, -0.2) is 4.98 Å². The molecule has 4 heteroatoms. The van der Waals surface area contributed by atoms with Gasteiger partial charge in [-0.2, -0.15) is 5.26 Å². The monoisotopic (exact) mass is 285 g/mol. The van der Waals surface area contributed by atoms with Crippen LogP contribution in [0.2, 0.25) is 0 Å². The summed E-state index contributed by atoms with van der Waals surface area (Å²) in [5.74, 6) is 0. The van der Waals surface area contributed by atoms with Crippen molar-refractivity contribution >= 4 is 27.2 Å². The van der Waals surface area contributed by atoms with Crippen LogP contribution in [-0.2, 0) is 11.8 Å². The van der Waals surface area contributed by atoms with Crippen LogP contribution in [0.25, 0.3) is 10.2 Å². The summed E-state index contributed by atoms with van der Waals surface area (Å²) in [6.07, 6.45) is 2.12. The molecule has 0 saturated heterocycles. The minimum atomic E-state index is 0.0967. The van der Waals surface area contributed by atoms with E-state index in [1.54, 1.807) is 0 Å². The summed E-state index contributed by atoms with van der Waals surface area (Å²) >= 11 is 1.40. The molecule has 0 radical (unpaired) electrons. The lowest BCUT2D eigenvalue weighted by atomic mass is 9.64. The van der Waals surface area contributed by atoms with Crippen molar-refractivity contribution in [2.24, 2.45) is 5.41 Å². The van der Waals surface area contributed by atoms with Gasteiger partial charge in [-0.1, -0.05) is 27.7 Å². The first kappa shape index (κ1) is 13.4. The van der Waals surface area contributed by atoms with Gasteiger partial charge in [-0.15, -0.1) is 11.3 Å². The minimum absolute atomic E-state index is 0.0967. The Labute approximate surface area is 123 Å². The first-order chi connectivity index (χ1) is 9.23. The van der Waals surface area contributed by atoms with Crippen LogP contribution in [0.3, 0.4) is 0 Å². The third-order valence-electron chi connectivity index (χ3n) is 4.20. The lowest BCUT2D eigenvalue weighted by Crippen LogP contribution is -2.35. The third-order valence-corrected chi connectivity index (χ3v) is 5.22. The van der Waals surface area contributed by atoms with Gasteiger partial charge in [0.15, 0.2) is 0 Å². The molecule has 2 aromatic rings. The number of nitrogens with zero attached hydrogens (tertiary/aromatic N) is 2. The molecular formula is C16H19N3S. The summed E-state index contributed by atoms with van der Waals surface area (Å²) in [6.45, 7) is 9.14. The van der Waals surface area contributed by atoms with Gasteiger partial charge < -0.3 is 5.73 Å². The molecular weight excluding hydrogens is 266 g/mol. The maximum absolute atomic E-state index is 9.12. The van der Waals surface area contributed by atoms with E-state index in [9.17, 15) is 0 Å². The number of nitriles is 1. The molecule has 1 aliphatic carbocycles. The number of thiophene rings is 1. The fourth-order valence-electron chi connectivity index (χ4n) is 3.69. The first-order valence-electron chi connectivity index (χ1n) is 6.86. The molecule has 2 N–H and O–H groups in total. The molecule has 3 nitrogen and oxygen atoms in total. The van der Waals surface area contributed by atoms with Crippen molar-refractivity contribution in [1.82, 2.24) is 4.98 Å². The van der Waals surface area contributed by atoms with Gasteiger partial charge >= 0.3 is 0 Å². The number of aromatic nitrogens is 1. The molecule has 3 rings (SSSR count). The number of hydrogen-bond donors (Lipinski definition) is 1. The van der Waals surface area contributed by atoms with Crippen LogP contribution in [0.4, 0.5) is 5.69 Å². The second kappa shape index (κ2) is 3.95. The third kappa shape index (κ3) is 1.89. The molecule has 2 aromatic heterocycles. The van der Waals surface area contributed by atoms with E-state index in [1.165, 1.54) is 22.6 Å². The summed E-state index contributed by atoms with van der Waals surface area (Å²) in [5, 5.41) is 10.1. The highest BCUT2D eigenvalue weighted by molar-refractivity contribution is 7.19. The van der Waals surface area contributed by atoms with Gasteiger partial charge in [0, 0.05) is 11.1 Å². The van der Waals surface area contributed by atoms with Crippen molar-refractivity contribution in [2.75, 3.05) is 5.73 Å². The van der Waals surface area contributed by atoms with Crippen molar-refractivity contribution in [2.45, 2.75) is 46.0 Å². The van der Waals surface area contributed by atoms with Gasteiger partial charge in [-0.05, 0) is 35.3 Å². The number of anilines is 1. The molecule has 0 aromatic carbocycles. The molecule has 0 fully saturated rings. The van der Waals surface area contributed by atoms with Crippen LogP contribution in [-0.4, -0.2) is 4.98 Å². The van der Waals surface area contributed by atoms with E-state index in [2.05, 4.69) is 39.8 Å². The van der Waals surface area contributed by atoms with Gasteiger partial charge in [0.05, 0.1) is 5.69 Å². The number of nitrogen functional groups attached to an aromatic ring is 1. The molecule has 0 aliphatic heterocycles. The Morgan fingerprint density at radius 1 is 1.35 bits per heavy atom. The Kier molecular flexibility index (Phi) is 2.65. The van der Waals surface area contributed by atoms with Crippen molar-refractivity contribution in [1.29, 1.82) is 5.26 Å². The quantitative estimate of drug-likeness (QED) is 0.795. The fraction of sp³-hybridized carbons (Fsp3) is 0.500. The van der Waals surface area contributed by atoms with Crippen LogP contribution < -0.4 is 5.73 Å². The highest BCUT2D eigenvalue weighted by atomic mass is 32.1. The SMILES string of the molecule is CC1(C)Cc2nc3sc(C#N)c(N)c3cc2C(C)(C)C1. The summed E-state index contributed by atoms with van der Waals surface area (Å²) in [7, 11) is 0. The van der Waals surface area contributed by atoms with E-state index >= 15 is 0 Å². The van der Waals surface area contributed by atoms with Gasteiger partial charge in [0.25, 0.3) is 0 Å². The van der Waals surface area contributed by atoms with E-state index in [4.69, 9.17) is 16.0 Å². The molecule has 104 valence electrons. The Balaban J connectivity index is 2.30. The number of nitrogens with two attached hydrogens (primary N) is 1. The van der Waals surface area contributed by atoms with E-state index in [0.717, 1.165) is 23.1 Å². The average Bonchev–Trinajstić information content (AvgIpc) is 2.61. The van der Waals surface area contributed by atoms with E-state index < -0.39 is 0 Å². The summed E-state index contributed by atoms with van der Waals surface area (Å²) < 4.78 is 0. The number of pyridine rings is 1. The predicted octanol–water partition coefficient (Wildman–Crippen LogP) is 4.00. The standard InChI is InChI=1S/C16H19N3S/c1-15(2)6-11-10(16(3,4)8-15)5-9-13(18)12(7-17)20-14(9)19-11/h5H,6,8,18H2,1-4H3. The van der Waals surface area contributed by atoms with Gasteiger partial charge in [-0.3, -0.25) is 0 Å². The van der Waals surface area contributed by atoms with Crippen molar-refractivity contribution in [3.63, 3.8) is 0 Å². The highest BCUT2D eigenvalue weighted by Crippen LogP contribution is 2.47. The van der Waals surface area contributed by atoms with Crippen LogP contribution in [0, 0.1) is 16.7 Å². The second-order valence-corrected chi connectivity index (χ2v) is 8.19. The average molecular weight is 285 g/mol. The van der Waals surface area contributed by atoms with Crippen LogP contribution in [0.1, 0.15) is 50.3 Å². The molecule has 0 bridgehead atoms. The minimum Gasteiger partial charge on any atom is -0.396 e. The van der Waals surface area contributed by atoms with E-state index in [-0.39, 0.29) is 10.8 Å². The Morgan fingerprint density at radius 3 is 2.70 bits per heavy atom. The topological polar surface area (TPSA) is 62.7 Å². The Morgan fingerprint density at radius 2 is 2.05 bits per heavy atom. The number of hydrogen-bond acceptors (Lipinski definition) is 4. The van der Waals surface area contributed by atoms with E-state index in [1.807, 2.05) is 0 Å². The smallest absolute Gasteiger partial charge is 0.130 e. The van der Waals surface area contributed by atoms with Crippen molar-refractivity contribution < 1.29 is 0 Å². The van der Waals surface area contributed by atoms with Gasteiger partial charge in [0.1, 0.15) is 15.8 Å².